The van der Waals surface area contributed by atoms with Crippen molar-refractivity contribution in [2.24, 2.45) is 0 Å². The summed E-state index contributed by atoms with van der Waals surface area (Å²) >= 11 is 0. The molecule has 1 heterocycles. The van der Waals surface area contributed by atoms with Crippen LogP contribution >= 0.6 is 0 Å². The summed E-state index contributed by atoms with van der Waals surface area (Å²) in [6, 6.07) is 1.63. The van der Waals surface area contributed by atoms with Crippen molar-refractivity contribution in [3.8, 4) is 6.01 Å². The lowest BCUT2D eigenvalue weighted by molar-refractivity contribution is 0.429. The van der Waals surface area contributed by atoms with E-state index in [1.165, 1.54) is 0 Å². The quantitative estimate of drug-likeness (QED) is 0.640. The van der Waals surface area contributed by atoms with E-state index in [1.54, 1.807) is 6.07 Å². The van der Waals surface area contributed by atoms with Crippen molar-refractivity contribution in [1.29, 1.82) is 0 Å². The third-order valence-corrected chi connectivity index (χ3v) is 1.29. The molecule has 0 aliphatic rings. The van der Waals surface area contributed by atoms with E-state index in [9.17, 15) is 0 Å². The molecule has 0 spiro atoms. The van der Waals surface area contributed by atoms with E-state index in [2.05, 4.69) is 9.97 Å². The Hall–Kier alpha value is -1.32. The molecule has 1 aromatic rings. The van der Waals surface area contributed by atoms with Gasteiger partial charge in [0.05, 0.1) is 0 Å². The highest BCUT2D eigenvalue weighted by molar-refractivity contribution is 5.38. The maximum Gasteiger partial charge on any atom is 0.316 e. The number of aryl methyl sites for hydroxylation is 1. The minimum atomic E-state index is -0.172. The van der Waals surface area contributed by atoms with E-state index in [4.69, 9.17) is 5.11 Å². The molecule has 0 bridgehead atoms. The predicted molar refractivity (Wildman–Crippen MR) is 42.8 cm³/mol. The zero-order valence-electron chi connectivity index (χ0n) is 6.87. The summed E-state index contributed by atoms with van der Waals surface area (Å²) in [6.45, 7) is 1.81. The lowest BCUT2D eigenvalue weighted by Gasteiger charge is -2.10. The molecular weight excluding hydrogens is 142 g/mol. The van der Waals surface area contributed by atoms with Gasteiger partial charge in [0.1, 0.15) is 5.82 Å². The highest BCUT2D eigenvalue weighted by Crippen LogP contribution is 2.11. The van der Waals surface area contributed by atoms with E-state index in [1.807, 2.05) is 25.9 Å². The van der Waals surface area contributed by atoms with Crippen LogP contribution in [0.1, 0.15) is 5.69 Å². The summed E-state index contributed by atoms with van der Waals surface area (Å²) in [5, 5.41) is 8.99. The SMILES string of the molecule is Cc1cc(N(C)C)nc(O)n1. The molecule has 0 amide bonds. The number of aromatic nitrogens is 2. The molecule has 0 unspecified atom stereocenters. The number of anilines is 1. The molecule has 1 aromatic heterocycles. The van der Waals surface area contributed by atoms with Crippen LogP contribution in [0.3, 0.4) is 0 Å². The van der Waals surface area contributed by atoms with Crippen molar-refractivity contribution in [3.63, 3.8) is 0 Å². The Labute approximate surface area is 65.5 Å². The van der Waals surface area contributed by atoms with Crippen molar-refractivity contribution >= 4 is 5.82 Å². The van der Waals surface area contributed by atoms with Crippen LogP contribution in [0.5, 0.6) is 6.01 Å². The monoisotopic (exact) mass is 153 g/mol. The van der Waals surface area contributed by atoms with Gasteiger partial charge in [-0.1, -0.05) is 0 Å². The van der Waals surface area contributed by atoms with Gasteiger partial charge >= 0.3 is 6.01 Å². The first-order chi connectivity index (χ1) is 5.09. The van der Waals surface area contributed by atoms with Gasteiger partial charge in [0.15, 0.2) is 0 Å². The molecular formula is C7H11N3O. The Morgan fingerprint density at radius 1 is 1.36 bits per heavy atom. The van der Waals surface area contributed by atoms with Crippen molar-refractivity contribution in [3.05, 3.63) is 11.8 Å². The van der Waals surface area contributed by atoms with Gasteiger partial charge in [-0.15, -0.1) is 0 Å². The molecule has 4 heteroatoms. The van der Waals surface area contributed by atoms with Gasteiger partial charge in [-0.05, 0) is 6.92 Å². The molecule has 0 radical (unpaired) electrons. The first-order valence-electron chi connectivity index (χ1n) is 3.31. The van der Waals surface area contributed by atoms with Gasteiger partial charge in [0.2, 0.25) is 0 Å². The van der Waals surface area contributed by atoms with Crippen LogP contribution < -0.4 is 4.90 Å². The van der Waals surface area contributed by atoms with Crippen LogP contribution in [0.2, 0.25) is 0 Å². The maximum absolute atomic E-state index is 8.99. The highest BCUT2D eigenvalue weighted by atomic mass is 16.3. The average molecular weight is 153 g/mol. The van der Waals surface area contributed by atoms with Crippen molar-refractivity contribution in [2.75, 3.05) is 19.0 Å². The Morgan fingerprint density at radius 2 is 2.00 bits per heavy atom. The standard InChI is InChI=1S/C7H11N3O/c1-5-4-6(10(2)3)9-7(11)8-5/h4H,1-3H3,(H,8,9,11). The first kappa shape index (κ1) is 7.78. The summed E-state index contributed by atoms with van der Waals surface area (Å²) < 4.78 is 0. The number of hydrogen-bond donors (Lipinski definition) is 1. The molecule has 0 fully saturated rings. The molecule has 0 atom stereocenters. The van der Waals surface area contributed by atoms with E-state index in [0.29, 0.717) is 0 Å². The van der Waals surface area contributed by atoms with Gasteiger partial charge in [-0.25, -0.2) is 4.98 Å². The minimum absolute atomic E-state index is 0.172. The third-order valence-electron chi connectivity index (χ3n) is 1.29. The van der Waals surface area contributed by atoms with Gasteiger partial charge in [-0.3, -0.25) is 0 Å². The average Bonchev–Trinajstić information content (AvgIpc) is 1.85. The normalized spacial score (nSPS) is 9.73. The van der Waals surface area contributed by atoms with Crippen LogP contribution in [0.15, 0.2) is 6.07 Å². The van der Waals surface area contributed by atoms with Crippen LogP contribution in [-0.2, 0) is 0 Å². The second kappa shape index (κ2) is 2.74. The summed E-state index contributed by atoms with van der Waals surface area (Å²) in [6.07, 6.45) is 0. The molecule has 0 saturated heterocycles. The zero-order chi connectivity index (χ0) is 8.43. The Morgan fingerprint density at radius 3 is 2.45 bits per heavy atom. The molecule has 0 aliphatic heterocycles. The van der Waals surface area contributed by atoms with E-state index in [-0.39, 0.29) is 6.01 Å². The molecule has 60 valence electrons. The predicted octanol–water partition coefficient (Wildman–Crippen LogP) is 0.557. The topological polar surface area (TPSA) is 49.2 Å². The smallest absolute Gasteiger partial charge is 0.316 e. The Kier molecular flexibility index (Phi) is 1.94. The summed E-state index contributed by atoms with van der Waals surface area (Å²) in [7, 11) is 3.72. The number of hydrogen-bond acceptors (Lipinski definition) is 4. The van der Waals surface area contributed by atoms with Crippen LogP contribution in [-0.4, -0.2) is 29.2 Å². The van der Waals surface area contributed by atoms with Gasteiger partial charge in [0.25, 0.3) is 0 Å². The molecule has 0 aliphatic carbocycles. The molecule has 0 aromatic carbocycles. The van der Waals surface area contributed by atoms with Crippen LogP contribution in [0.25, 0.3) is 0 Å². The van der Waals surface area contributed by atoms with Gasteiger partial charge < -0.3 is 10.0 Å². The summed E-state index contributed by atoms with van der Waals surface area (Å²) in [5.41, 5.74) is 0.765. The van der Waals surface area contributed by atoms with Gasteiger partial charge in [-0.2, -0.15) is 4.98 Å². The fraction of sp³-hybridized carbons (Fsp3) is 0.429. The Bertz CT molecular complexity index is 240. The van der Waals surface area contributed by atoms with E-state index in [0.717, 1.165) is 11.5 Å². The molecule has 0 saturated carbocycles. The molecule has 11 heavy (non-hydrogen) atoms. The van der Waals surface area contributed by atoms with Gasteiger partial charge in [0, 0.05) is 25.9 Å². The summed E-state index contributed by atoms with van der Waals surface area (Å²) in [4.78, 5) is 9.35. The number of rotatable bonds is 1. The van der Waals surface area contributed by atoms with Crippen molar-refractivity contribution < 1.29 is 5.11 Å². The number of aromatic hydroxyl groups is 1. The van der Waals surface area contributed by atoms with Crippen molar-refractivity contribution in [1.82, 2.24) is 9.97 Å². The van der Waals surface area contributed by atoms with Crippen LogP contribution in [0.4, 0.5) is 5.82 Å². The molecule has 1 rings (SSSR count). The first-order valence-corrected chi connectivity index (χ1v) is 3.31. The third kappa shape index (κ3) is 1.80. The second-order valence-electron chi connectivity index (χ2n) is 2.56. The zero-order valence-corrected chi connectivity index (χ0v) is 6.87. The molecule has 1 N–H and O–H groups in total. The lowest BCUT2D eigenvalue weighted by atomic mass is 10.4. The fourth-order valence-corrected chi connectivity index (χ4v) is 0.766. The summed E-state index contributed by atoms with van der Waals surface area (Å²) in [5.74, 6) is 0.718. The van der Waals surface area contributed by atoms with E-state index < -0.39 is 0 Å². The maximum atomic E-state index is 8.99. The van der Waals surface area contributed by atoms with E-state index >= 15 is 0 Å². The minimum Gasteiger partial charge on any atom is -0.479 e. The second-order valence-corrected chi connectivity index (χ2v) is 2.56. The van der Waals surface area contributed by atoms with Crippen molar-refractivity contribution in [2.45, 2.75) is 6.92 Å². The van der Waals surface area contributed by atoms with Crippen LogP contribution in [0, 0.1) is 6.92 Å². The highest BCUT2D eigenvalue weighted by Gasteiger charge is 2.00. The number of nitrogens with zero attached hydrogens (tertiary/aromatic N) is 3. The largest absolute Gasteiger partial charge is 0.479 e. The fourth-order valence-electron chi connectivity index (χ4n) is 0.766. The Balaban J connectivity index is 3.08. The molecule has 4 nitrogen and oxygen atoms in total. The lowest BCUT2D eigenvalue weighted by Crippen LogP contribution is -2.11.